The van der Waals surface area contributed by atoms with Gasteiger partial charge < -0.3 is 20.2 Å². The quantitative estimate of drug-likeness (QED) is 0.764. The molecule has 0 spiro atoms. The average molecular weight is 257 g/mol. The highest BCUT2D eigenvalue weighted by atomic mass is 16.3. The number of aliphatic hydroxyl groups excluding tert-OH is 1. The minimum atomic E-state index is -0.139. The van der Waals surface area contributed by atoms with Crippen LogP contribution in [0.2, 0.25) is 0 Å². The molecule has 5 heteroatoms. The summed E-state index contributed by atoms with van der Waals surface area (Å²) in [7, 11) is 1.71. The van der Waals surface area contributed by atoms with E-state index in [1.54, 1.807) is 11.9 Å². The minimum Gasteiger partial charge on any atom is -0.394 e. The van der Waals surface area contributed by atoms with Crippen LogP contribution in [0.3, 0.4) is 0 Å². The van der Waals surface area contributed by atoms with Crippen LogP contribution in [0, 0.1) is 5.92 Å². The van der Waals surface area contributed by atoms with Crippen LogP contribution in [0.4, 0.5) is 4.79 Å². The summed E-state index contributed by atoms with van der Waals surface area (Å²) in [5, 5.41) is 11.9. The molecule has 1 rings (SSSR count). The Bertz CT molecular complexity index is 261. The van der Waals surface area contributed by atoms with E-state index in [1.165, 1.54) is 12.8 Å². The number of hydrogen-bond acceptors (Lipinski definition) is 3. The Balaban J connectivity index is 2.18. The standard InChI is InChI=1S/C13H27N3O2/c1-11-5-4-7-16(9-11)8-6-14-13(18)15(3)12(2)10-17/h11-12,17H,4-10H2,1-3H3,(H,14,18). The summed E-state index contributed by atoms with van der Waals surface area (Å²) in [6, 6.07) is -0.249. The van der Waals surface area contributed by atoms with Crippen LogP contribution in [0.15, 0.2) is 0 Å². The molecular weight excluding hydrogens is 230 g/mol. The summed E-state index contributed by atoms with van der Waals surface area (Å²) in [5.74, 6) is 0.770. The van der Waals surface area contributed by atoms with Gasteiger partial charge in [-0.3, -0.25) is 0 Å². The Morgan fingerprint density at radius 1 is 1.61 bits per heavy atom. The molecule has 2 atom stereocenters. The third-order valence-electron chi connectivity index (χ3n) is 3.69. The second kappa shape index (κ2) is 7.59. The van der Waals surface area contributed by atoms with Gasteiger partial charge in [-0.2, -0.15) is 0 Å². The van der Waals surface area contributed by atoms with Gasteiger partial charge in [0.1, 0.15) is 0 Å². The van der Waals surface area contributed by atoms with Crippen molar-refractivity contribution in [3.63, 3.8) is 0 Å². The van der Waals surface area contributed by atoms with Gasteiger partial charge in [0.2, 0.25) is 0 Å². The molecule has 0 aromatic carbocycles. The molecule has 1 fully saturated rings. The Morgan fingerprint density at radius 2 is 2.33 bits per heavy atom. The fraction of sp³-hybridized carbons (Fsp3) is 0.923. The van der Waals surface area contributed by atoms with Crippen molar-refractivity contribution in [3.05, 3.63) is 0 Å². The lowest BCUT2D eigenvalue weighted by Crippen LogP contribution is -2.46. The van der Waals surface area contributed by atoms with Crippen molar-refractivity contribution in [2.45, 2.75) is 32.7 Å². The average Bonchev–Trinajstić information content (AvgIpc) is 2.36. The molecule has 0 bridgehead atoms. The second-order valence-electron chi connectivity index (χ2n) is 5.42. The normalized spacial score (nSPS) is 22.6. The summed E-state index contributed by atoms with van der Waals surface area (Å²) in [6.45, 7) is 7.97. The zero-order valence-corrected chi connectivity index (χ0v) is 11.9. The maximum atomic E-state index is 11.7. The molecule has 0 saturated carbocycles. The van der Waals surface area contributed by atoms with E-state index in [0.29, 0.717) is 6.54 Å². The molecule has 1 aliphatic heterocycles. The van der Waals surface area contributed by atoms with Gasteiger partial charge >= 0.3 is 6.03 Å². The van der Waals surface area contributed by atoms with Gasteiger partial charge in [0.05, 0.1) is 12.6 Å². The summed E-state index contributed by atoms with van der Waals surface area (Å²) < 4.78 is 0. The lowest BCUT2D eigenvalue weighted by molar-refractivity contribution is 0.153. The molecule has 0 aromatic rings. The summed E-state index contributed by atoms with van der Waals surface area (Å²) >= 11 is 0. The highest BCUT2D eigenvalue weighted by Crippen LogP contribution is 2.14. The first-order valence-corrected chi connectivity index (χ1v) is 6.88. The number of nitrogens with one attached hydrogen (secondary N) is 1. The number of hydrogen-bond donors (Lipinski definition) is 2. The van der Waals surface area contributed by atoms with Gasteiger partial charge in [-0.05, 0) is 32.2 Å². The van der Waals surface area contributed by atoms with Crippen LogP contribution < -0.4 is 5.32 Å². The molecule has 2 N–H and O–H groups in total. The number of rotatable bonds is 5. The molecule has 18 heavy (non-hydrogen) atoms. The smallest absolute Gasteiger partial charge is 0.317 e. The number of likely N-dealkylation sites (N-methyl/N-ethyl adjacent to an activating group) is 1. The largest absolute Gasteiger partial charge is 0.394 e. The summed E-state index contributed by atoms with van der Waals surface area (Å²) in [5.41, 5.74) is 0. The van der Waals surface area contributed by atoms with E-state index in [2.05, 4.69) is 17.1 Å². The molecule has 0 aromatic heterocycles. The number of amides is 2. The van der Waals surface area contributed by atoms with Crippen LogP contribution in [-0.4, -0.2) is 66.8 Å². The van der Waals surface area contributed by atoms with Gasteiger partial charge in [0.25, 0.3) is 0 Å². The Labute approximate surface area is 110 Å². The predicted molar refractivity (Wildman–Crippen MR) is 72.5 cm³/mol. The van der Waals surface area contributed by atoms with Crippen molar-refractivity contribution < 1.29 is 9.90 Å². The van der Waals surface area contributed by atoms with E-state index < -0.39 is 0 Å². The number of carbonyl (C=O) groups is 1. The first-order chi connectivity index (χ1) is 8.54. The zero-order valence-electron chi connectivity index (χ0n) is 11.9. The van der Waals surface area contributed by atoms with Crippen LogP contribution in [0.5, 0.6) is 0 Å². The topological polar surface area (TPSA) is 55.8 Å². The van der Waals surface area contributed by atoms with E-state index in [1.807, 2.05) is 6.92 Å². The lowest BCUT2D eigenvalue weighted by Gasteiger charge is -2.31. The lowest BCUT2D eigenvalue weighted by atomic mass is 10.0. The number of aliphatic hydroxyl groups is 1. The maximum Gasteiger partial charge on any atom is 0.317 e. The third kappa shape index (κ3) is 4.82. The van der Waals surface area contributed by atoms with Crippen LogP contribution in [0.25, 0.3) is 0 Å². The van der Waals surface area contributed by atoms with Crippen molar-refractivity contribution in [2.75, 3.05) is 39.8 Å². The fourth-order valence-corrected chi connectivity index (χ4v) is 2.26. The molecule has 2 unspecified atom stereocenters. The SMILES string of the molecule is CC1CCCN(CCNC(=O)N(C)C(C)CO)C1. The van der Waals surface area contributed by atoms with E-state index in [9.17, 15) is 4.79 Å². The van der Waals surface area contributed by atoms with Crippen LogP contribution >= 0.6 is 0 Å². The van der Waals surface area contributed by atoms with Gasteiger partial charge in [0, 0.05) is 26.7 Å². The first kappa shape index (κ1) is 15.2. The van der Waals surface area contributed by atoms with Gasteiger partial charge in [-0.25, -0.2) is 4.79 Å². The van der Waals surface area contributed by atoms with Crippen molar-refractivity contribution in [1.29, 1.82) is 0 Å². The van der Waals surface area contributed by atoms with Gasteiger partial charge in [0.15, 0.2) is 0 Å². The number of carbonyl (C=O) groups excluding carboxylic acids is 1. The van der Waals surface area contributed by atoms with E-state index in [-0.39, 0.29) is 18.7 Å². The molecule has 1 saturated heterocycles. The van der Waals surface area contributed by atoms with Crippen molar-refractivity contribution in [1.82, 2.24) is 15.1 Å². The van der Waals surface area contributed by atoms with Crippen LogP contribution in [0.1, 0.15) is 26.7 Å². The Morgan fingerprint density at radius 3 is 2.94 bits per heavy atom. The summed E-state index contributed by atoms with van der Waals surface area (Å²) in [4.78, 5) is 15.7. The molecule has 0 radical (unpaired) electrons. The Kier molecular flexibility index (Phi) is 6.43. The Hall–Kier alpha value is -0.810. The van der Waals surface area contributed by atoms with Gasteiger partial charge in [-0.15, -0.1) is 0 Å². The predicted octanol–water partition coefficient (Wildman–Crippen LogP) is 0.741. The fourth-order valence-electron chi connectivity index (χ4n) is 2.26. The van der Waals surface area contributed by atoms with Crippen molar-refractivity contribution in [3.8, 4) is 0 Å². The van der Waals surface area contributed by atoms with E-state index in [0.717, 1.165) is 25.6 Å². The zero-order chi connectivity index (χ0) is 13.5. The molecule has 1 heterocycles. The number of piperidine rings is 1. The van der Waals surface area contributed by atoms with E-state index >= 15 is 0 Å². The van der Waals surface area contributed by atoms with Crippen molar-refractivity contribution >= 4 is 6.03 Å². The van der Waals surface area contributed by atoms with Crippen molar-refractivity contribution in [2.24, 2.45) is 5.92 Å². The maximum absolute atomic E-state index is 11.7. The second-order valence-corrected chi connectivity index (χ2v) is 5.42. The third-order valence-corrected chi connectivity index (χ3v) is 3.69. The molecule has 106 valence electrons. The molecule has 0 aliphatic carbocycles. The molecule has 5 nitrogen and oxygen atoms in total. The number of likely N-dealkylation sites (tertiary alicyclic amines) is 1. The molecule has 1 aliphatic rings. The van der Waals surface area contributed by atoms with Crippen LogP contribution in [-0.2, 0) is 0 Å². The highest BCUT2D eigenvalue weighted by Gasteiger charge is 2.17. The highest BCUT2D eigenvalue weighted by molar-refractivity contribution is 5.74. The first-order valence-electron chi connectivity index (χ1n) is 6.88. The minimum absolute atomic E-state index is 0.00639. The molecular formula is C13H27N3O2. The summed E-state index contributed by atoms with van der Waals surface area (Å²) in [6.07, 6.45) is 2.58. The van der Waals surface area contributed by atoms with Gasteiger partial charge in [-0.1, -0.05) is 6.92 Å². The monoisotopic (exact) mass is 257 g/mol. The number of urea groups is 1. The number of nitrogens with zero attached hydrogens (tertiary/aromatic N) is 2. The van der Waals surface area contributed by atoms with E-state index in [4.69, 9.17) is 5.11 Å². The molecule has 2 amide bonds.